The number of rotatable bonds is 4. The lowest BCUT2D eigenvalue weighted by molar-refractivity contribution is -0.135. The van der Waals surface area contributed by atoms with Crippen LogP contribution < -0.4 is 18.9 Å². The van der Waals surface area contributed by atoms with Crippen molar-refractivity contribution in [1.82, 2.24) is 0 Å². The summed E-state index contributed by atoms with van der Waals surface area (Å²) >= 11 is 6.46. The molecule has 1 atom stereocenters. The number of hydrogen-bond donors (Lipinski definition) is 0. The van der Waals surface area contributed by atoms with Crippen LogP contribution in [0.3, 0.4) is 0 Å². The van der Waals surface area contributed by atoms with Crippen LogP contribution in [0.2, 0.25) is 5.02 Å². The minimum Gasteiger partial charge on any atom is -0.493 e. The van der Waals surface area contributed by atoms with Crippen LogP contribution in [0.5, 0.6) is 23.0 Å². The second-order valence-corrected chi connectivity index (χ2v) is 6.61. The average Bonchev–Trinajstić information content (AvgIpc) is 2.63. The molecule has 0 fully saturated rings. The molecule has 0 radical (unpaired) electrons. The fraction of sp³-hybridized carbons (Fsp3) is 0.350. The van der Waals surface area contributed by atoms with Gasteiger partial charge in [0.2, 0.25) is 5.75 Å². The van der Waals surface area contributed by atoms with Gasteiger partial charge in [0.1, 0.15) is 5.75 Å². The lowest BCUT2D eigenvalue weighted by Crippen LogP contribution is -2.22. The van der Waals surface area contributed by atoms with E-state index in [-0.39, 0.29) is 18.3 Å². The lowest BCUT2D eigenvalue weighted by Gasteiger charge is -2.28. The second kappa shape index (κ2) is 7.08. The molecule has 2 aromatic carbocycles. The first-order valence-electron chi connectivity index (χ1n) is 8.21. The van der Waals surface area contributed by atoms with Gasteiger partial charge in [-0.2, -0.15) is 0 Å². The highest BCUT2D eigenvalue weighted by molar-refractivity contribution is 6.32. The molecule has 0 N–H and O–H groups in total. The molecule has 0 bridgehead atoms. The standard InChI is InChI=1S/C20H21ClO5/c1-10-6-14-18(11(2)19(10)21)13(9-17(22)26-14)12-7-15(23-3)20(25-5)16(8-12)24-4/h6-8,13H,9H2,1-5H3/t13-/m1/s1. The Bertz CT molecular complexity index is 850. The third-order valence-electron chi connectivity index (χ3n) is 4.72. The Morgan fingerprint density at radius 1 is 1.04 bits per heavy atom. The van der Waals surface area contributed by atoms with Gasteiger partial charge in [0.15, 0.2) is 11.5 Å². The molecular weight excluding hydrogens is 356 g/mol. The highest BCUT2D eigenvalue weighted by Crippen LogP contribution is 2.47. The van der Waals surface area contributed by atoms with Crippen molar-refractivity contribution >= 4 is 17.6 Å². The fourth-order valence-electron chi connectivity index (χ4n) is 3.47. The summed E-state index contributed by atoms with van der Waals surface area (Å²) in [6, 6.07) is 5.54. The Balaban J connectivity index is 2.23. The van der Waals surface area contributed by atoms with Crippen molar-refractivity contribution in [3.8, 4) is 23.0 Å². The third-order valence-corrected chi connectivity index (χ3v) is 5.31. The molecule has 0 saturated carbocycles. The van der Waals surface area contributed by atoms with Crippen molar-refractivity contribution in [3.05, 3.63) is 45.5 Å². The van der Waals surface area contributed by atoms with Gasteiger partial charge in [-0.25, -0.2) is 0 Å². The van der Waals surface area contributed by atoms with Crippen molar-refractivity contribution in [1.29, 1.82) is 0 Å². The second-order valence-electron chi connectivity index (χ2n) is 6.23. The largest absolute Gasteiger partial charge is 0.493 e. The highest BCUT2D eigenvalue weighted by atomic mass is 35.5. The van der Waals surface area contributed by atoms with Crippen LogP contribution in [0, 0.1) is 13.8 Å². The molecule has 0 spiro atoms. The van der Waals surface area contributed by atoms with Gasteiger partial charge in [0.25, 0.3) is 0 Å². The van der Waals surface area contributed by atoms with Crippen molar-refractivity contribution in [3.63, 3.8) is 0 Å². The summed E-state index contributed by atoms with van der Waals surface area (Å²) in [7, 11) is 4.69. The fourth-order valence-corrected chi connectivity index (χ4v) is 3.63. The molecule has 0 saturated heterocycles. The van der Waals surface area contributed by atoms with Crippen LogP contribution in [0.15, 0.2) is 18.2 Å². The molecule has 0 amide bonds. The maximum Gasteiger partial charge on any atom is 0.312 e. The van der Waals surface area contributed by atoms with E-state index >= 15 is 0 Å². The average molecular weight is 377 g/mol. The third kappa shape index (κ3) is 2.97. The number of aryl methyl sites for hydroxylation is 1. The smallest absolute Gasteiger partial charge is 0.312 e. The molecule has 2 aromatic rings. The van der Waals surface area contributed by atoms with Gasteiger partial charge in [0.05, 0.1) is 27.8 Å². The number of ether oxygens (including phenoxy) is 4. The molecule has 1 aliphatic heterocycles. The van der Waals surface area contributed by atoms with Crippen LogP contribution in [-0.2, 0) is 4.79 Å². The van der Waals surface area contributed by atoms with Crippen LogP contribution >= 0.6 is 11.6 Å². The number of esters is 1. The Labute approximate surface area is 157 Å². The van der Waals surface area contributed by atoms with Gasteiger partial charge in [-0.15, -0.1) is 0 Å². The van der Waals surface area contributed by atoms with E-state index in [1.807, 2.05) is 32.0 Å². The van der Waals surface area contributed by atoms with Gasteiger partial charge >= 0.3 is 5.97 Å². The Morgan fingerprint density at radius 2 is 1.65 bits per heavy atom. The summed E-state index contributed by atoms with van der Waals surface area (Å²) in [6.07, 6.45) is 0.214. The number of carbonyl (C=O) groups is 1. The lowest BCUT2D eigenvalue weighted by atomic mass is 9.83. The molecule has 0 aliphatic carbocycles. The van der Waals surface area contributed by atoms with Gasteiger partial charge in [-0.3, -0.25) is 4.79 Å². The van der Waals surface area contributed by atoms with E-state index in [0.717, 1.165) is 22.3 Å². The number of halogens is 1. The first kappa shape index (κ1) is 18.4. The molecule has 6 heteroatoms. The monoisotopic (exact) mass is 376 g/mol. The normalized spacial score (nSPS) is 15.9. The molecule has 1 heterocycles. The summed E-state index contributed by atoms with van der Waals surface area (Å²) in [5.41, 5.74) is 3.57. The van der Waals surface area contributed by atoms with Crippen molar-refractivity contribution in [2.24, 2.45) is 0 Å². The molecule has 138 valence electrons. The maximum absolute atomic E-state index is 12.2. The minimum absolute atomic E-state index is 0.210. The van der Waals surface area contributed by atoms with Crippen LogP contribution in [-0.4, -0.2) is 27.3 Å². The SMILES string of the molecule is COc1cc([C@H]2CC(=O)Oc3cc(C)c(Cl)c(C)c32)cc(OC)c1OC. The quantitative estimate of drug-likeness (QED) is 0.584. The first-order valence-corrected chi connectivity index (χ1v) is 8.59. The zero-order chi connectivity index (χ0) is 19.0. The van der Waals surface area contributed by atoms with Crippen molar-refractivity contribution < 1.29 is 23.7 Å². The van der Waals surface area contributed by atoms with Crippen molar-refractivity contribution in [2.75, 3.05) is 21.3 Å². The number of benzene rings is 2. The van der Waals surface area contributed by atoms with E-state index in [1.54, 1.807) is 21.3 Å². The number of methoxy groups -OCH3 is 3. The van der Waals surface area contributed by atoms with E-state index < -0.39 is 0 Å². The minimum atomic E-state index is -0.280. The molecule has 0 aromatic heterocycles. The van der Waals surface area contributed by atoms with E-state index in [2.05, 4.69) is 0 Å². The van der Waals surface area contributed by atoms with Gasteiger partial charge in [-0.1, -0.05) is 11.6 Å². The highest BCUT2D eigenvalue weighted by Gasteiger charge is 2.32. The van der Waals surface area contributed by atoms with Crippen molar-refractivity contribution in [2.45, 2.75) is 26.2 Å². The van der Waals surface area contributed by atoms with E-state index in [0.29, 0.717) is 28.0 Å². The Hall–Kier alpha value is -2.40. The van der Waals surface area contributed by atoms with Crippen LogP contribution in [0.4, 0.5) is 0 Å². The number of fused-ring (bicyclic) bond motifs is 1. The van der Waals surface area contributed by atoms with Gasteiger partial charge < -0.3 is 18.9 Å². The molecule has 26 heavy (non-hydrogen) atoms. The maximum atomic E-state index is 12.2. The van der Waals surface area contributed by atoms with E-state index in [4.69, 9.17) is 30.5 Å². The summed E-state index contributed by atoms with van der Waals surface area (Å²) in [6.45, 7) is 3.84. The Kier molecular flexibility index (Phi) is 5.01. The molecular formula is C20H21ClO5. The zero-order valence-electron chi connectivity index (χ0n) is 15.4. The summed E-state index contributed by atoms with van der Waals surface area (Å²) in [4.78, 5) is 12.2. The predicted molar refractivity (Wildman–Crippen MR) is 99.1 cm³/mol. The Morgan fingerprint density at radius 3 is 2.19 bits per heavy atom. The molecule has 1 aliphatic rings. The van der Waals surface area contributed by atoms with Gasteiger partial charge in [-0.05, 0) is 48.7 Å². The van der Waals surface area contributed by atoms with E-state index in [9.17, 15) is 4.79 Å². The number of hydrogen-bond acceptors (Lipinski definition) is 5. The van der Waals surface area contributed by atoms with Crippen LogP contribution in [0.1, 0.15) is 34.6 Å². The van der Waals surface area contributed by atoms with Gasteiger partial charge in [0, 0.05) is 16.5 Å². The van der Waals surface area contributed by atoms with Crippen LogP contribution in [0.25, 0.3) is 0 Å². The number of carbonyl (C=O) groups excluding carboxylic acids is 1. The summed E-state index contributed by atoms with van der Waals surface area (Å²) < 4.78 is 21.8. The predicted octanol–water partition coefficient (Wildman–Crippen LogP) is 4.42. The zero-order valence-corrected chi connectivity index (χ0v) is 16.2. The van der Waals surface area contributed by atoms with E-state index in [1.165, 1.54) is 0 Å². The molecule has 0 unspecified atom stereocenters. The first-order chi connectivity index (χ1) is 12.4. The topological polar surface area (TPSA) is 54.0 Å². The molecule has 3 rings (SSSR count). The summed E-state index contributed by atoms with van der Waals surface area (Å²) in [5.74, 6) is 1.65. The summed E-state index contributed by atoms with van der Waals surface area (Å²) in [5, 5.41) is 0.680. The molecule has 5 nitrogen and oxygen atoms in total.